The number of hydrogen-bond acceptors (Lipinski definition) is 4. The van der Waals surface area contributed by atoms with Crippen molar-refractivity contribution in [3.05, 3.63) is 71.0 Å². The third-order valence-electron chi connectivity index (χ3n) is 3.83. The number of nitrogens with zero attached hydrogens (tertiary/aromatic N) is 3. The lowest BCUT2D eigenvalue weighted by Crippen LogP contribution is -2.04. The molecule has 1 heterocycles. The molecule has 3 aromatic rings. The van der Waals surface area contributed by atoms with Crippen molar-refractivity contribution in [3.63, 3.8) is 0 Å². The molecule has 0 fully saturated rings. The van der Waals surface area contributed by atoms with E-state index in [0.29, 0.717) is 27.4 Å². The van der Waals surface area contributed by atoms with Gasteiger partial charge in [0.1, 0.15) is 6.33 Å². The van der Waals surface area contributed by atoms with Gasteiger partial charge in [-0.05, 0) is 29.7 Å². The Bertz CT molecular complexity index is 874. The van der Waals surface area contributed by atoms with Crippen molar-refractivity contribution in [3.8, 4) is 5.69 Å². The first kappa shape index (κ1) is 17.7. The van der Waals surface area contributed by atoms with Crippen LogP contribution in [0.4, 0.5) is 0 Å². The standard InChI is InChI=1S/C19H18ClN3OS/c1-13(2)14-6-8-15(9-7-14)18(24)11-25-19-22-21-12-23(19)17-5-3-4-16(20)10-17/h3-10,12-13H,11H2,1-2H3. The number of halogens is 1. The molecular weight excluding hydrogens is 354 g/mol. The summed E-state index contributed by atoms with van der Waals surface area (Å²) >= 11 is 7.41. The Balaban J connectivity index is 1.70. The zero-order chi connectivity index (χ0) is 17.8. The summed E-state index contributed by atoms with van der Waals surface area (Å²) in [4.78, 5) is 12.4. The second-order valence-corrected chi connectivity index (χ2v) is 7.33. The van der Waals surface area contributed by atoms with E-state index in [0.717, 1.165) is 5.69 Å². The number of carbonyl (C=O) groups is 1. The first-order valence-electron chi connectivity index (χ1n) is 7.96. The monoisotopic (exact) mass is 371 g/mol. The highest BCUT2D eigenvalue weighted by Gasteiger charge is 2.12. The van der Waals surface area contributed by atoms with Crippen LogP contribution >= 0.6 is 23.4 Å². The van der Waals surface area contributed by atoms with Crippen molar-refractivity contribution in [1.29, 1.82) is 0 Å². The fourth-order valence-corrected chi connectivity index (χ4v) is 3.40. The molecule has 4 nitrogen and oxygen atoms in total. The Morgan fingerprint density at radius 3 is 2.64 bits per heavy atom. The van der Waals surface area contributed by atoms with Crippen molar-refractivity contribution in [2.75, 3.05) is 5.75 Å². The van der Waals surface area contributed by atoms with Crippen molar-refractivity contribution >= 4 is 29.1 Å². The average molecular weight is 372 g/mol. The minimum absolute atomic E-state index is 0.0703. The second-order valence-electron chi connectivity index (χ2n) is 5.95. The average Bonchev–Trinajstić information content (AvgIpc) is 3.08. The normalized spacial score (nSPS) is 11.0. The van der Waals surface area contributed by atoms with Crippen LogP contribution in [-0.4, -0.2) is 26.3 Å². The molecule has 0 saturated carbocycles. The molecule has 0 aliphatic carbocycles. The van der Waals surface area contributed by atoms with Gasteiger partial charge in [-0.1, -0.05) is 67.5 Å². The maximum Gasteiger partial charge on any atom is 0.196 e. The number of benzene rings is 2. The van der Waals surface area contributed by atoms with Crippen LogP contribution in [-0.2, 0) is 0 Å². The van der Waals surface area contributed by atoms with Crippen LogP contribution in [0, 0.1) is 0 Å². The maximum absolute atomic E-state index is 12.4. The Labute approximate surface area is 156 Å². The van der Waals surface area contributed by atoms with E-state index in [4.69, 9.17) is 11.6 Å². The van der Waals surface area contributed by atoms with Gasteiger partial charge >= 0.3 is 0 Å². The zero-order valence-electron chi connectivity index (χ0n) is 14.0. The highest BCUT2D eigenvalue weighted by atomic mass is 35.5. The van der Waals surface area contributed by atoms with E-state index in [1.54, 1.807) is 6.33 Å². The molecule has 0 radical (unpaired) electrons. The number of hydrogen-bond donors (Lipinski definition) is 0. The van der Waals surface area contributed by atoms with E-state index in [-0.39, 0.29) is 5.78 Å². The van der Waals surface area contributed by atoms with Crippen LogP contribution in [0.5, 0.6) is 0 Å². The van der Waals surface area contributed by atoms with E-state index in [1.807, 2.05) is 53.1 Å². The highest BCUT2D eigenvalue weighted by Crippen LogP contribution is 2.23. The summed E-state index contributed by atoms with van der Waals surface area (Å²) < 4.78 is 1.83. The lowest BCUT2D eigenvalue weighted by atomic mass is 10.0. The number of ketones is 1. The number of thioether (sulfide) groups is 1. The summed E-state index contributed by atoms with van der Waals surface area (Å²) in [5.74, 6) is 0.830. The summed E-state index contributed by atoms with van der Waals surface area (Å²) in [5, 5.41) is 9.36. The lowest BCUT2D eigenvalue weighted by molar-refractivity contribution is 0.102. The van der Waals surface area contributed by atoms with Crippen LogP contribution in [0.1, 0.15) is 35.7 Å². The first-order valence-corrected chi connectivity index (χ1v) is 9.33. The molecule has 0 N–H and O–H groups in total. The molecule has 0 aliphatic heterocycles. The Morgan fingerprint density at radius 2 is 1.96 bits per heavy atom. The van der Waals surface area contributed by atoms with Gasteiger partial charge in [0.15, 0.2) is 10.9 Å². The summed E-state index contributed by atoms with van der Waals surface area (Å²) in [6, 6.07) is 15.2. The molecule has 0 aliphatic rings. The van der Waals surface area contributed by atoms with E-state index >= 15 is 0 Å². The predicted molar refractivity (Wildman–Crippen MR) is 102 cm³/mol. The third-order valence-corrected chi connectivity index (χ3v) is 5.01. The van der Waals surface area contributed by atoms with Gasteiger partial charge < -0.3 is 0 Å². The molecule has 0 spiro atoms. The van der Waals surface area contributed by atoms with Crippen LogP contribution in [0.25, 0.3) is 5.69 Å². The molecule has 0 saturated heterocycles. The van der Waals surface area contributed by atoms with Crippen molar-refractivity contribution in [1.82, 2.24) is 14.8 Å². The number of carbonyl (C=O) groups excluding carboxylic acids is 1. The van der Waals surface area contributed by atoms with Crippen molar-refractivity contribution < 1.29 is 4.79 Å². The van der Waals surface area contributed by atoms with Gasteiger partial charge in [0.2, 0.25) is 0 Å². The van der Waals surface area contributed by atoms with Gasteiger partial charge in [-0.15, -0.1) is 10.2 Å². The number of aromatic nitrogens is 3. The van der Waals surface area contributed by atoms with Crippen LogP contribution in [0.15, 0.2) is 60.0 Å². The molecule has 128 valence electrons. The van der Waals surface area contributed by atoms with E-state index in [1.165, 1.54) is 17.3 Å². The SMILES string of the molecule is CC(C)c1ccc(C(=O)CSc2nncn2-c2cccc(Cl)c2)cc1. The predicted octanol–water partition coefficient (Wildman–Crippen LogP) is 5.02. The summed E-state index contributed by atoms with van der Waals surface area (Å²) in [5.41, 5.74) is 2.81. The number of rotatable bonds is 6. The van der Waals surface area contributed by atoms with E-state index < -0.39 is 0 Å². The fraction of sp³-hybridized carbons (Fsp3) is 0.211. The minimum atomic E-state index is 0.0703. The van der Waals surface area contributed by atoms with Crippen LogP contribution < -0.4 is 0 Å². The van der Waals surface area contributed by atoms with Crippen molar-refractivity contribution in [2.24, 2.45) is 0 Å². The van der Waals surface area contributed by atoms with Crippen LogP contribution in [0.3, 0.4) is 0 Å². The molecule has 2 aromatic carbocycles. The summed E-state index contributed by atoms with van der Waals surface area (Å²) in [7, 11) is 0. The molecule has 0 unspecified atom stereocenters. The molecule has 1 aromatic heterocycles. The van der Waals surface area contributed by atoms with Gasteiger partial charge in [0.25, 0.3) is 0 Å². The van der Waals surface area contributed by atoms with Gasteiger partial charge in [0.05, 0.1) is 11.4 Å². The molecule has 6 heteroatoms. The largest absolute Gasteiger partial charge is 0.293 e. The molecule has 0 amide bonds. The lowest BCUT2D eigenvalue weighted by Gasteiger charge is -2.07. The fourth-order valence-electron chi connectivity index (χ4n) is 2.39. The quantitative estimate of drug-likeness (QED) is 0.451. The summed E-state index contributed by atoms with van der Waals surface area (Å²) in [6.07, 6.45) is 1.62. The van der Waals surface area contributed by atoms with Crippen molar-refractivity contribution in [2.45, 2.75) is 24.9 Å². The first-order chi connectivity index (χ1) is 12.0. The zero-order valence-corrected chi connectivity index (χ0v) is 15.6. The maximum atomic E-state index is 12.4. The highest BCUT2D eigenvalue weighted by molar-refractivity contribution is 7.99. The topological polar surface area (TPSA) is 47.8 Å². The van der Waals surface area contributed by atoms with Crippen LogP contribution in [0.2, 0.25) is 5.02 Å². The molecule has 0 bridgehead atoms. The smallest absolute Gasteiger partial charge is 0.196 e. The van der Waals surface area contributed by atoms with E-state index in [9.17, 15) is 4.79 Å². The molecule has 25 heavy (non-hydrogen) atoms. The Morgan fingerprint density at radius 1 is 1.20 bits per heavy atom. The second kappa shape index (κ2) is 7.85. The van der Waals surface area contributed by atoms with Gasteiger partial charge in [-0.3, -0.25) is 9.36 Å². The Hall–Kier alpha value is -2.11. The van der Waals surface area contributed by atoms with Gasteiger partial charge in [-0.2, -0.15) is 0 Å². The molecule has 3 rings (SSSR count). The summed E-state index contributed by atoms with van der Waals surface area (Å²) in [6.45, 7) is 4.27. The minimum Gasteiger partial charge on any atom is -0.293 e. The van der Waals surface area contributed by atoms with E-state index in [2.05, 4.69) is 24.0 Å². The Kier molecular flexibility index (Phi) is 5.56. The molecular formula is C19H18ClN3OS. The number of Topliss-reactive ketones (excluding diaryl/α,β-unsaturated/α-hetero) is 1. The molecule has 0 atom stereocenters. The third kappa shape index (κ3) is 4.30. The van der Waals surface area contributed by atoms with Gasteiger partial charge in [0, 0.05) is 10.6 Å². The van der Waals surface area contributed by atoms with Gasteiger partial charge in [-0.25, -0.2) is 0 Å².